The van der Waals surface area contributed by atoms with Gasteiger partial charge >= 0.3 is 5.97 Å². The summed E-state index contributed by atoms with van der Waals surface area (Å²) in [7, 11) is 0. The number of rotatable bonds is 4. The molecule has 0 saturated carbocycles. The van der Waals surface area contributed by atoms with Crippen molar-refractivity contribution in [3.05, 3.63) is 30.1 Å². The van der Waals surface area contributed by atoms with Crippen LogP contribution < -0.4 is 5.32 Å². The average molecular weight is 222 g/mol. The third kappa shape index (κ3) is 3.05. The quantitative estimate of drug-likeness (QED) is 0.794. The van der Waals surface area contributed by atoms with Crippen LogP contribution in [-0.2, 0) is 4.79 Å². The highest BCUT2D eigenvalue weighted by molar-refractivity contribution is 5.94. The van der Waals surface area contributed by atoms with Crippen molar-refractivity contribution in [2.45, 2.75) is 19.9 Å². The first kappa shape index (κ1) is 12.2. The van der Waals surface area contributed by atoms with E-state index in [1.54, 1.807) is 32.2 Å². The summed E-state index contributed by atoms with van der Waals surface area (Å²) >= 11 is 0. The molecule has 0 aliphatic rings. The van der Waals surface area contributed by atoms with E-state index in [1.807, 2.05) is 0 Å². The molecule has 0 aliphatic heterocycles. The van der Waals surface area contributed by atoms with E-state index in [4.69, 9.17) is 5.11 Å². The lowest BCUT2D eigenvalue weighted by molar-refractivity contribution is -0.141. The van der Waals surface area contributed by atoms with Gasteiger partial charge in [0.05, 0.1) is 11.5 Å². The van der Waals surface area contributed by atoms with Crippen molar-refractivity contribution in [2.24, 2.45) is 5.92 Å². The molecule has 1 aromatic rings. The largest absolute Gasteiger partial charge is 0.481 e. The molecule has 2 atom stereocenters. The van der Waals surface area contributed by atoms with Crippen molar-refractivity contribution < 1.29 is 14.7 Å². The summed E-state index contributed by atoms with van der Waals surface area (Å²) in [6, 6.07) is 2.85. The van der Waals surface area contributed by atoms with Crippen molar-refractivity contribution in [1.82, 2.24) is 10.3 Å². The van der Waals surface area contributed by atoms with Gasteiger partial charge in [0, 0.05) is 18.4 Å². The number of carbonyl (C=O) groups excluding carboxylic acids is 1. The van der Waals surface area contributed by atoms with Gasteiger partial charge in [-0.2, -0.15) is 0 Å². The topological polar surface area (TPSA) is 79.3 Å². The number of amides is 1. The van der Waals surface area contributed by atoms with E-state index >= 15 is 0 Å². The zero-order valence-corrected chi connectivity index (χ0v) is 9.18. The molecule has 2 unspecified atom stereocenters. The summed E-state index contributed by atoms with van der Waals surface area (Å²) in [6.45, 7) is 3.21. The molecule has 1 aromatic heterocycles. The van der Waals surface area contributed by atoms with Gasteiger partial charge in [0.2, 0.25) is 0 Å². The molecular weight excluding hydrogens is 208 g/mol. The van der Waals surface area contributed by atoms with Crippen molar-refractivity contribution in [2.75, 3.05) is 0 Å². The second-order valence-electron chi connectivity index (χ2n) is 3.63. The molecular formula is C11H14N2O3. The van der Waals surface area contributed by atoms with Crippen LogP contribution in [0.5, 0.6) is 0 Å². The highest BCUT2D eigenvalue weighted by atomic mass is 16.4. The zero-order chi connectivity index (χ0) is 12.1. The number of aliphatic carboxylic acids is 1. The Morgan fingerprint density at radius 3 is 2.62 bits per heavy atom. The molecule has 1 rings (SSSR count). The van der Waals surface area contributed by atoms with Gasteiger partial charge in [-0.3, -0.25) is 14.6 Å². The van der Waals surface area contributed by atoms with Gasteiger partial charge in [-0.15, -0.1) is 0 Å². The van der Waals surface area contributed by atoms with Gasteiger partial charge < -0.3 is 10.4 Å². The third-order valence-electron chi connectivity index (χ3n) is 2.42. The monoisotopic (exact) mass is 222 g/mol. The van der Waals surface area contributed by atoms with Crippen molar-refractivity contribution >= 4 is 11.9 Å². The summed E-state index contributed by atoms with van der Waals surface area (Å²) in [4.78, 5) is 26.1. The summed E-state index contributed by atoms with van der Waals surface area (Å²) < 4.78 is 0. The Kier molecular flexibility index (Phi) is 3.99. The van der Waals surface area contributed by atoms with Crippen LogP contribution in [-0.4, -0.2) is 28.0 Å². The molecule has 0 aliphatic carbocycles. The fraction of sp³-hybridized carbons (Fsp3) is 0.364. The highest BCUT2D eigenvalue weighted by Gasteiger charge is 2.21. The van der Waals surface area contributed by atoms with Crippen LogP contribution >= 0.6 is 0 Å². The second kappa shape index (κ2) is 5.25. The van der Waals surface area contributed by atoms with Crippen molar-refractivity contribution in [3.63, 3.8) is 0 Å². The number of pyridine rings is 1. The molecule has 0 aromatic carbocycles. The van der Waals surface area contributed by atoms with E-state index in [9.17, 15) is 9.59 Å². The molecule has 0 spiro atoms. The average Bonchev–Trinajstić information content (AvgIpc) is 2.28. The predicted molar refractivity (Wildman–Crippen MR) is 58.0 cm³/mol. The Morgan fingerprint density at radius 1 is 1.44 bits per heavy atom. The number of nitrogens with zero attached hydrogens (tertiary/aromatic N) is 1. The number of carboxylic acids is 1. The normalized spacial score (nSPS) is 13.9. The van der Waals surface area contributed by atoms with Crippen LogP contribution in [0.3, 0.4) is 0 Å². The maximum Gasteiger partial charge on any atom is 0.308 e. The molecule has 0 bridgehead atoms. The first-order chi connectivity index (χ1) is 7.52. The minimum absolute atomic E-state index is 0.311. The van der Waals surface area contributed by atoms with E-state index in [0.29, 0.717) is 5.56 Å². The molecule has 86 valence electrons. The molecule has 1 amide bonds. The number of carboxylic acid groups (broad SMARTS) is 1. The van der Waals surface area contributed by atoms with Gasteiger partial charge in [0.25, 0.3) is 5.91 Å². The lowest BCUT2D eigenvalue weighted by atomic mass is 10.0. The molecule has 2 N–H and O–H groups in total. The van der Waals surface area contributed by atoms with Crippen LogP contribution in [0.15, 0.2) is 24.5 Å². The third-order valence-corrected chi connectivity index (χ3v) is 2.42. The Labute approximate surface area is 93.5 Å². The first-order valence-electron chi connectivity index (χ1n) is 4.96. The van der Waals surface area contributed by atoms with Crippen LogP contribution in [0, 0.1) is 5.92 Å². The lowest BCUT2D eigenvalue weighted by Crippen LogP contribution is -2.40. The molecule has 16 heavy (non-hydrogen) atoms. The van der Waals surface area contributed by atoms with Crippen molar-refractivity contribution in [3.8, 4) is 0 Å². The van der Waals surface area contributed by atoms with Gasteiger partial charge in [-0.05, 0) is 26.0 Å². The molecule has 5 heteroatoms. The molecule has 0 fully saturated rings. The maximum absolute atomic E-state index is 11.6. The van der Waals surface area contributed by atoms with Crippen LogP contribution in [0.25, 0.3) is 0 Å². The summed E-state index contributed by atoms with van der Waals surface area (Å²) in [5.41, 5.74) is 0.423. The van der Waals surface area contributed by atoms with Gasteiger partial charge in [-0.25, -0.2) is 0 Å². The molecule has 0 radical (unpaired) electrons. The van der Waals surface area contributed by atoms with Crippen molar-refractivity contribution in [1.29, 1.82) is 0 Å². The fourth-order valence-electron chi connectivity index (χ4n) is 1.13. The van der Waals surface area contributed by atoms with E-state index in [-0.39, 0.29) is 5.91 Å². The Bertz CT molecular complexity index is 378. The maximum atomic E-state index is 11.6. The van der Waals surface area contributed by atoms with Crippen LogP contribution in [0.1, 0.15) is 24.2 Å². The molecule has 1 heterocycles. The van der Waals surface area contributed by atoms with Gasteiger partial charge in [-0.1, -0.05) is 0 Å². The summed E-state index contributed by atoms with van der Waals surface area (Å²) in [5, 5.41) is 11.4. The number of hydrogen-bond acceptors (Lipinski definition) is 3. The minimum atomic E-state index is -0.931. The number of hydrogen-bond donors (Lipinski definition) is 2. The first-order valence-corrected chi connectivity index (χ1v) is 4.96. The minimum Gasteiger partial charge on any atom is -0.481 e. The second-order valence-corrected chi connectivity index (χ2v) is 3.63. The smallest absolute Gasteiger partial charge is 0.308 e. The molecule has 5 nitrogen and oxygen atoms in total. The SMILES string of the molecule is CC(NC(=O)c1cccnc1)C(C)C(=O)O. The standard InChI is InChI=1S/C11H14N2O3/c1-7(11(15)16)8(2)13-10(14)9-4-3-5-12-6-9/h3-8H,1-2H3,(H,13,14)(H,15,16). The summed E-state index contributed by atoms with van der Waals surface area (Å²) in [5.74, 6) is -1.87. The van der Waals surface area contributed by atoms with Gasteiger partial charge in [0.1, 0.15) is 0 Å². The van der Waals surface area contributed by atoms with Gasteiger partial charge in [0.15, 0.2) is 0 Å². The number of aromatic nitrogens is 1. The lowest BCUT2D eigenvalue weighted by Gasteiger charge is -2.17. The van der Waals surface area contributed by atoms with E-state index in [1.165, 1.54) is 6.20 Å². The molecule has 0 saturated heterocycles. The Balaban J connectivity index is 2.62. The Hall–Kier alpha value is -1.91. The van der Waals surface area contributed by atoms with Crippen LogP contribution in [0.4, 0.5) is 0 Å². The Morgan fingerprint density at radius 2 is 2.12 bits per heavy atom. The predicted octanol–water partition coefficient (Wildman–Crippen LogP) is 0.921. The van der Waals surface area contributed by atoms with E-state index < -0.39 is 17.9 Å². The number of nitrogens with one attached hydrogen (secondary N) is 1. The number of carbonyl (C=O) groups is 2. The fourth-order valence-corrected chi connectivity index (χ4v) is 1.13. The zero-order valence-electron chi connectivity index (χ0n) is 9.18. The van der Waals surface area contributed by atoms with E-state index in [2.05, 4.69) is 10.3 Å². The summed E-state index contributed by atoms with van der Waals surface area (Å²) in [6.07, 6.45) is 3.01. The highest BCUT2D eigenvalue weighted by Crippen LogP contribution is 2.04. The van der Waals surface area contributed by atoms with Crippen LogP contribution in [0.2, 0.25) is 0 Å². The van der Waals surface area contributed by atoms with E-state index in [0.717, 1.165) is 0 Å².